The van der Waals surface area contributed by atoms with Crippen LogP contribution in [0.4, 0.5) is 4.39 Å². The van der Waals surface area contributed by atoms with Gasteiger partial charge in [0.2, 0.25) is 0 Å². The zero-order valence-corrected chi connectivity index (χ0v) is 13.0. The molecule has 0 fully saturated rings. The number of alkyl halides is 1. The Labute approximate surface area is 128 Å². The maximum atomic E-state index is 13.7. The molecule has 0 spiro atoms. The SMILES string of the molecule is COc1cc(Cl)ccc1C(Cl)c1cc(C)c(F)c(C)c1. The van der Waals surface area contributed by atoms with Gasteiger partial charge in [-0.2, -0.15) is 0 Å². The van der Waals surface area contributed by atoms with E-state index in [1.54, 1.807) is 45.2 Å². The van der Waals surface area contributed by atoms with Crippen molar-refractivity contribution in [3.05, 3.63) is 63.4 Å². The number of methoxy groups -OCH3 is 1. The van der Waals surface area contributed by atoms with Crippen molar-refractivity contribution in [1.29, 1.82) is 0 Å². The quantitative estimate of drug-likeness (QED) is 0.686. The van der Waals surface area contributed by atoms with E-state index < -0.39 is 5.38 Å². The zero-order chi connectivity index (χ0) is 14.9. The zero-order valence-electron chi connectivity index (χ0n) is 11.5. The summed E-state index contributed by atoms with van der Waals surface area (Å²) in [4.78, 5) is 0. The molecule has 1 unspecified atom stereocenters. The minimum Gasteiger partial charge on any atom is -0.496 e. The van der Waals surface area contributed by atoms with E-state index in [0.29, 0.717) is 21.9 Å². The lowest BCUT2D eigenvalue weighted by Gasteiger charge is -2.16. The lowest BCUT2D eigenvalue weighted by atomic mass is 9.99. The topological polar surface area (TPSA) is 9.23 Å². The fourth-order valence-electron chi connectivity index (χ4n) is 2.20. The predicted molar refractivity (Wildman–Crippen MR) is 81.6 cm³/mol. The Balaban J connectivity index is 2.48. The largest absolute Gasteiger partial charge is 0.496 e. The summed E-state index contributed by atoms with van der Waals surface area (Å²) in [6, 6.07) is 8.82. The molecule has 0 aliphatic rings. The summed E-state index contributed by atoms with van der Waals surface area (Å²) < 4.78 is 19.0. The molecule has 4 heteroatoms. The fourth-order valence-corrected chi connectivity index (χ4v) is 2.67. The lowest BCUT2D eigenvalue weighted by molar-refractivity contribution is 0.410. The van der Waals surface area contributed by atoms with Crippen molar-refractivity contribution in [3.8, 4) is 5.75 Å². The Kier molecular flexibility index (Phi) is 4.56. The first-order chi connectivity index (χ1) is 9.43. The molecule has 2 rings (SSSR count). The van der Waals surface area contributed by atoms with Gasteiger partial charge in [0.15, 0.2) is 0 Å². The van der Waals surface area contributed by atoms with Gasteiger partial charge in [0, 0.05) is 10.6 Å². The first kappa shape index (κ1) is 15.1. The molecule has 2 aromatic carbocycles. The average molecular weight is 313 g/mol. The standard InChI is InChI=1S/C16H15Cl2FO/c1-9-6-11(7-10(2)16(9)19)15(18)13-5-4-12(17)8-14(13)20-3/h4-8,15H,1-3H3. The van der Waals surface area contributed by atoms with E-state index in [-0.39, 0.29) is 5.82 Å². The van der Waals surface area contributed by atoms with Gasteiger partial charge in [0.1, 0.15) is 11.6 Å². The van der Waals surface area contributed by atoms with Crippen LogP contribution in [-0.4, -0.2) is 7.11 Å². The highest BCUT2D eigenvalue weighted by Crippen LogP contribution is 2.37. The molecule has 0 N–H and O–H groups in total. The molecule has 0 aliphatic heterocycles. The molecule has 0 aromatic heterocycles. The number of benzene rings is 2. The molecule has 0 aliphatic carbocycles. The van der Waals surface area contributed by atoms with Gasteiger partial charge < -0.3 is 4.74 Å². The second-order valence-corrected chi connectivity index (χ2v) is 5.59. The summed E-state index contributed by atoms with van der Waals surface area (Å²) in [5, 5.41) is 0.168. The van der Waals surface area contributed by atoms with Crippen LogP contribution < -0.4 is 4.74 Å². The Bertz CT molecular complexity index is 617. The summed E-state index contributed by atoms with van der Waals surface area (Å²) in [7, 11) is 1.57. The van der Waals surface area contributed by atoms with Crippen LogP contribution in [0.1, 0.15) is 27.6 Å². The lowest BCUT2D eigenvalue weighted by Crippen LogP contribution is -2.00. The van der Waals surface area contributed by atoms with Gasteiger partial charge >= 0.3 is 0 Å². The highest BCUT2D eigenvalue weighted by molar-refractivity contribution is 6.30. The van der Waals surface area contributed by atoms with E-state index in [2.05, 4.69) is 0 Å². The molecule has 0 radical (unpaired) electrons. The Morgan fingerprint density at radius 3 is 2.25 bits per heavy atom. The molecular weight excluding hydrogens is 298 g/mol. The normalized spacial score (nSPS) is 12.3. The van der Waals surface area contributed by atoms with Crippen LogP contribution in [0.25, 0.3) is 0 Å². The third-order valence-corrected chi connectivity index (χ3v) is 3.94. The van der Waals surface area contributed by atoms with Crippen molar-refractivity contribution in [3.63, 3.8) is 0 Å². The van der Waals surface area contributed by atoms with Gasteiger partial charge in [-0.3, -0.25) is 0 Å². The minimum atomic E-state index is -0.416. The van der Waals surface area contributed by atoms with Crippen molar-refractivity contribution in [2.24, 2.45) is 0 Å². The first-order valence-electron chi connectivity index (χ1n) is 6.18. The van der Waals surface area contributed by atoms with Crippen molar-refractivity contribution < 1.29 is 9.13 Å². The smallest absolute Gasteiger partial charge is 0.129 e. The molecule has 0 heterocycles. The second-order valence-electron chi connectivity index (χ2n) is 4.72. The highest BCUT2D eigenvalue weighted by atomic mass is 35.5. The first-order valence-corrected chi connectivity index (χ1v) is 6.99. The Hall–Kier alpha value is -1.25. The maximum absolute atomic E-state index is 13.7. The second kappa shape index (κ2) is 6.02. The summed E-state index contributed by atoms with van der Waals surface area (Å²) in [5.41, 5.74) is 2.81. The van der Waals surface area contributed by atoms with Crippen LogP contribution in [-0.2, 0) is 0 Å². The molecule has 0 saturated heterocycles. The van der Waals surface area contributed by atoms with Crippen molar-refractivity contribution in [1.82, 2.24) is 0 Å². The Morgan fingerprint density at radius 2 is 1.70 bits per heavy atom. The Morgan fingerprint density at radius 1 is 1.10 bits per heavy atom. The van der Waals surface area contributed by atoms with Crippen molar-refractivity contribution in [2.75, 3.05) is 7.11 Å². The van der Waals surface area contributed by atoms with Gasteiger partial charge in [0.05, 0.1) is 12.5 Å². The molecule has 0 amide bonds. The van der Waals surface area contributed by atoms with Gasteiger partial charge in [0.25, 0.3) is 0 Å². The molecule has 2 aromatic rings. The van der Waals surface area contributed by atoms with Crippen LogP contribution in [0.2, 0.25) is 5.02 Å². The average Bonchev–Trinajstić information content (AvgIpc) is 2.43. The summed E-state index contributed by atoms with van der Waals surface area (Å²) in [5.74, 6) is 0.429. The fraction of sp³-hybridized carbons (Fsp3) is 0.250. The van der Waals surface area contributed by atoms with Crippen LogP contribution in [0.3, 0.4) is 0 Å². The van der Waals surface area contributed by atoms with E-state index in [0.717, 1.165) is 11.1 Å². The number of halogens is 3. The molecular formula is C16H15Cl2FO. The number of aryl methyl sites for hydroxylation is 2. The van der Waals surface area contributed by atoms with E-state index in [1.807, 2.05) is 6.07 Å². The summed E-state index contributed by atoms with van der Waals surface area (Å²) in [6.07, 6.45) is 0. The summed E-state index contributed by atoms with van der Waals surface area (Å²) >= 11 is 12.5. The van der Waals surface area contributed by atoms with Crippen LogP contribution in [0.15, 0.2) is 30.3 Å². The maximum Gasteiger partial charge on any atom is 0.129 e. The van der Waals surface area contributed by atoms with Crippen molar-refractivity contribution >= 4 is 23.2 Å². The minimum absolute atomic E-state index is 0.194. The summed E-state index contributed by atoms with van der Waals surface area (Å²) in [6.45, 7) is 3.46. The number of hydrogen-bond donors (Lipinski definition) is 0. The molecule has 1 nitrogen and oxygen atoms in total. The molecule has 1 atom stereocenters. The van der Waals surface area contributed by atoms with Gasteiger partial charge in [-0.1, -0.05) is 29.8 Å². The molecule has 106 valence electrons. The highest BCUT2D eigenvalue weighted by Gasteiger charge is 2.18. The van der Waals surface area contributed by atoms with Crippen LogP contribution in [0.5, 0.6) is 5.75 Å². The third kappa shape index (κ3) is 2.92. The molecule has 0 bridgehead atoms. The third-order valence-electron chi connectivity index (χ3n) is 3.22. The van der Waals surface area contributed by atoms with E-state index >= 15 is 0 Å². The van der Waals surface area contributed by atoms with Crippen LogP contribution in [0, 0.1) is 19.7 Å². The monoisotopic (exact) mass is 312 g/mol. The van der Waals surface area contributed by atoms with Gasteiger partial charge in [-0.05, 0) is 42.7 Å². The van der Waals surface area contributed by atoms with E-state index in [9.17, 15) is 4.39 Å². The van der Waals surface area contributed by atoms with Gasteiger partial charge in [-0.25, -0.2) is 4.39 Å². The predicted octanol–water partition coefficient (Wildman–Crippen LogP) is 5.43. The number of rotatable bonds is 3. The van der Waals surface area contributed by atoms with E-state index in [4.69, 9.17) is 27.9 Å². The molecule has 20 heavy (non-hydrogen) atoms. The number of ether oxygens (including phenoxy) is 1. The number of hydrogen-bond acceptors (Lipinski definition) is 1. The van der Waals surface area contributed by atoms with Gasteiger partial charge in [-0.15, -0.1) is 11.6 Å². The van der Waals surface area contributed by atoms with Crippen LogP contribution >= 0.6 is 23.2 Å². The van der Waals surface area contributed by atoms with Crippen molar-refractivity contribution in [2.45, 2.75) is 19.2 Å². The molecule has 0 saturated carbocycles. The van der Waals surface area contributed by atoms with E-state index in [1.165, 1.54) is 0 Å².